The largest absolute Gasteiger partial charge is 0.326 e. The molecule has 0 aliphatic heterocycles. The van der Waals surface area contributed by atoms with Crippen LogP contribution in [0.4, 0.5) is 0 Å². The Labute approximate surface area is 122 Å². The maximum atomic E-state index is 6.32. The molecular formula is C16H28N2S. The van der Waals surface area contributed by atoms with E-state index in [0.29, 0.717) is 6.04 Å². The van der Waals surface area contributed by atoms with Gasteiger partial charge >= 0.3 is 0 Å². The molecule has 2 N–H and O–H groups in total. The molecular weight excluding hydrogens is 252 g/mol. The number of rotatable bonds is 7. The Kier molecular flexibility index (Phi) is 5.04. The molecule has 2 rings (SSSR count). The number of thiophene rings is 1. The van der Waals surface area contributed by atoms with Gasteiger partial charge in [0.2, 0.25) is 0 Å². The van der Waals surface area contributed by atoms with E-state index in [1.54, 1.807) is 0 Å². The molecule has 1 aromatic rings. The summed E-state index contributed by atoms with van der Waals surface area (Å²) in [5, 5.41) is 0. The van der Waals surface area contributed by atoms with E-state index in [9.17, 15) is 0 Å². The summed E-state index contributed by atoms with van der Waals surface area (Å²) < 4.78 is 0. The van der Waals surface area contributed by atoms with Crippen LogP contribution in [-0.2, 0) is 0 Å². The lowest BCUT2D eigenvalue weighted by Gasteiger charge is -2.34. The quantitative estimate of drug-likeness (QED) is 0.819. The zero-order valence-electron chi connectivity index (χ0n) is 12.7. The van der Waals surface area contributed by atoms with E-state index in [-0.39, 0.29) is 6.04 Å². The van der Waals surface area contributed by atoms with E-state index in [2.05, 4.69) is 44.7 Å². The van der Waals surface area contributed by atoms with Crippen molar-refractivity contribution in [1.82, 2.24) is 4.90 Å². The summed E-state index contributed by atoms with van der Waals surface area (Å²) in [4.78, 5) is 5.51. The lowest BCUT2D eigenvalue weighted by Crippen LogP contribution is -2.41. The van der Waals surface area contributed by atoms with Crippen LogP contribution in [0.5, 0.6) is 0 Å². The molecule has 2 unspecified atom stereocenters. The minimum Gasteiger partial charge on any atom is -0.326 e. The SMILES string of the molecule is Cc1ccc(C(C(C)N)N(CCC(C)C)C2CC2)s1. The Morgan fingerprint density at radius 3 is 2.42 bits per heavy atom. The lowest BCUT2D eigenvalue weighted by atomic mass is 10.0. The third kappa shape index (κ3) is 4.04. The molecule has 0 amide bonds. The molecule has 1 fully saturated rings. The average Bonchev–Trinajstić information content (AvgIpc) is 3.07. The average molecular weight is 280 g/mol. The molecule has 2 nitrogen and oxygen atoms in total. The summed E-state index contributed by atoms with van der Waals surface area (Å²) in [6.07, 6.45) is 3.97. The number of hydrogen-bond donors (Lipinski definition) is 1. The zero-order valence-corrected chi connectivity index (χ0v) is 13.5. The second-order valence-electron chi connectivity index (χ2n) is 6.40. The van der Waals surface area contributed by atoms with Gasteiger partial charge in [-0.2, -0.15) is 0 Å². The Bertz CT molecular complexity index is 393. The van der Waals surface area contributed by atoms with Crippen LogP contribution in [0.3, 0.4) is 0 Å². The molecule has 1 saturated carbocycles. The Hall–Kier alpha value is -0.380. The van der Waals surface area contributed by atoms with Crippen molar-refractivity contribution in [2.75, 3.05) is 6.54 Å². The maximum Gasteiger partial charge on any atom is 0.0593 e. The molecule has 1 aliphatic carbocycles. The second-order valence-corrected chi connectivity index (χ2v) is 7.72. The standard InChI is InChI=1S/C16H28N2S/c1-11(2)9-10-18(14-6-7-14)16(13(4)17)15-8-5-12(3)19-15/h5,8,11,13-14,16H,6-7,9-10,17H2,1-4H3. The molecule has 1 aliphatic rings. The summed E-state index contributed by atoms with van der Waals surface area (Å²) in [5.74, 6) is 0.764. The zero-order chi connectivity index (χ0) is 14.0. The molecule has 108 valence electrons. The van der Waals surface area contributed by atoms with Crippen LogP contribution in [0.25, 0.3) is 0 Å². The van der Waals surface area contributed by atoms with Gasteiger partial charge in [0.15, 0.2) is 0 Å². The van der Waals surface area contributed by atoms with E-state index in [1.807, 2.05) is 11.3 Å². The summed E-state index contributed by atoms with van der Waals surface area (Å²) in [5.41, 5.74) is 6.32. The summed E-state index contributed by atoms with van der Waals surface area (Å²) in [7, 11) is 0. The van der Waals surface area contributed by atoms with Crippen LogP contribution < -0.4 is 5.73 Å². The van der Waals surface area contributed by atoms with Crippen LogP contribution in [0.2, 0.25) is 0 Å². The van der Waals surface area contributed by atoms with Crippen LogP contribution in [0, 0.1) is 12.8 Å². The topological polar surface area (TPSA) is 29.3 Å². The summed E-state index contributed by atoms with van der Waals surface area (Å²) >= 11 is 1.91. The van der Waals surface area contributed by atoms with Crippen LogP contribution in [0.1, 0.15) is 55.8 Å². The van der Waals surface area contributed by atoms with Crippen LogP contribution >= 0.6 is 11.3 Å². The molecule has 1 heterocycles. The van der Waals surface area contributed by atoms with Gasteiger partial charge in [-0.05, 0) is 57.7 Å². The molecule has 0 radical (unpaired) electrons. The predicted molar refractivity (Wildman–Crippen MR) is 84.6 cm³/mol. The van der Waals surface area contributed by atoms with Gasteiger partial charge in [-0.15, -0.1) is 11.3 Å². The molecule has 0 aromatic carbocycles. The van der Waals surface area contributed by atoms with Crippen molar-refractivity contribution in [1.29, 1.82) is 0 Å². The molecule has 3 heteroatoms. The minimum absolute atomic E-state index is 0.200. The molecule has 2 atom stereocenters. The number of aryl methyl sites for hydroxylation is 1. The predicted octanol–water partition coefficient (Wildman–Crippen LogP) is 3.96. The Morgan fingerprint density at radius 2 is 2.00 bits per heavy atom. The highest BCUT2D eigenvalue weighted by molar-refractivity contribution is 7.12. The highest BCUT2D eigenvalue weighted by Crippen LogP contribution is 2.38. The highest BCUT2D eigenvalue weighted by atomic mass is 32.1. The summed E-state index contributed by atoms with van der Waals surface area (Å²) in [6, 6.07) is 5.88. The molecule has 0 spiro atoms. The molecule has 19 heavy (non-hydrogen) atoms. The maximum absolute atomic E-state index is 6.32. The number of hydrogen-bond acceptors (Lipinski definition) is 3. The van der Waals surface area contributed by atoms with Crippen molar-refractivity contribution < 1.29 is 0 Å². The van der Waals surface area contributed by atoms with Gasteiger partial charge in [0.05, 0.1) is 6.04 Å². The Balaban J connectivity index is 2.14. The molecule has 1 aromatic heterocycles. The van der Waals surface area contributed by atoms with Crippen molar-refractivity contribution in [3.8, 4) is 0 Å². The van der Waals surface area contributed by atoms with Gasteiger partial charge in [-0.3, -0.25) is 4.90 Å². The van der Waals surface area contributed by atoms with Crippen molar-refractivity contribution in [3.05, 3.63) is 21.9 Å². The van der Waals surface area contributed by atoms with E-state index >= 15 is 0 Å². The van der Waals surface area contributed by atoms with Crippen molar-refractivity contribution in [2.45, 2.75) is 65.1 Å². The smallest absolute Gasteiger partial charge is 0.0593 e. The first-order chi connectivity index (χ1) is 8.99. The number of nitrogens with zero attached hydrogens (tertiary/aromatic N) is 1. The summed E-state index contributed by atoms with van der Waals surface area (Å²) in [6.45, 7) is 10.1. The molecule has 0 saturated heterocycles. The normalized spacial score (nSPS) is 19.1. The van der Waals surface area contributed by atoms with Crippen molar-refractivity contribution in [3.63, 3.8) is 0 Å². The van der Waals surface area contributed by atoms with Gasteiger partial charge in [0, 0.05) is 21.8 Å². The Morgan fingerprint density at radius 1 is 1.32 bits per heavy atom. The van der Waals surface area contributed by atoms with Gasteiger partial charge < -0.3 is 5.73 Å². The first-order valence-corrected chi connectivity index (χ1v) is 8.38. The second kappa shape index (κ2) is 6.38. The van der Waals surface area contributed by atoms with Gasteiger partial charge in [-0.1, -0.05) is 13.8 Å². The molecule has 0 bridgehead atoms. The first-order valence-electron chi connectivity index (χ1n) is 7.56. The van der Waals surface area contributed by atoms with E-state index < -0.39 is 0 Å². The fourth-order valence-corrected chi connectivity index (χ4v) is 3.81. The van der Waals surface area contributed by atoms with E-state index in [1.165, 1.54) is 35.6 Å². The highest BCUT2D eigenvalue weighted by Gasteiger charge is 2.36. The third-order valence-electron chi connectivity index (χ3n) is 3.89. The van der Waals surface area contributed by atoms with Gasteiger partial charge in [-0.25, -0.2) is 0 Å². The van der Waals surface area contributed by atoms with Gasteiger partial charge in [0.25, 0.3) is 0 Å². The number of nitrogens with two attached hydrogens (primary N) is 1. The third-order valence-corrected chi connectivity index (χ3v) is 4.96. The van der Waals surface area contributed by atoms with Gasteiger partial charge in [0.1, 0.15) is 0 Å². The van der Waals surface area contributed by atoms with Crippen molar-refractivity contribution >= 4 is 11.3 Å². The minimum atomic E-state index is 0.200. The fraction of sp³-hybridized carbons (Fsp3) is 0.750. The fourth-order valence-electron chi connectivity index (χ4n) is 2.70. The van der Waals surface area contributed by atoms with Crippen LogP contribution in [-0.4, -0.2) is 23.5 Å². The monoisotopic (exact) mass is 280 g/mol. The first kappa shape index (κ1) is 15.0. The van der Waals surface area contributed by atoms with Crippen LogP contribution in [0.15, 0.2) is 12.1 Å². The van der Waals surface area contributed by atoms with E-state index in [0.717, 1.165) is 12.0 Å². The van der Waals surface area contributed by atoms with Crippen molar-refractivity contribution in [2.24, 2.45) is 11.7 Å². The lowest BCUT2D eigenvalue weighted by molar-refractivity contribution is 0.160. The van der Waals surface area contributed by atoms with E-state index in [4.69, 9.17) is 5.73 Å².